The third-order valence-electron chi connectivity index (χ3n) is 4.78. The van der Waals surface area contributed by atoms with Gasteiger partial charge in [0.05, 0.1) is 5.69 Å². The molecule has 1 aliphatic carbocycles. The highest BCUT2D eigenvalue weighted by molar-refractivity contribution is 7.13. The van der Waals surface area contributed by atoms with Crippen molar-refractivity contribution >= 4 is 16.5 Å². The maximum Gasteiger partial charge on any atom is 0.185 e. The van der Waals surface area contributed by atoms with Crippen molar-refractivity contribution in [2.75, 3.05) is 18.0 Å². The van der Waals surface area contributed by atoms with Gasteiger partial charge in [0.25, 0.3) is 0 Å². The van der Waals surface area contributed by atoms with Crippen LogP contribution in [0.25, 0.3) is 0 Å². The highest BCUT2D eigenvalue weighted by atomic mass is 32.1. The minimum atomic E-state index is 0.560. The van der Waals surface area contributed by atoms with E-state index in [1.165, 1.54) is 56.0 Å². The molecule has 1 N–H and O–H groups in total. The Bertz CT molecular complexity index is 417. The molecule has 1 aliphatic heterocycles. The number of nitrogens with zero attached hydrogens (tertiary/aromatic N) is 2. The molecule has 2 fully saturated rings. The second-order valence-electron chi connectivity index (χ2n) is 6.43. The molecule has 1 aromatic heterocycles. The van der Waals surface area contributed by atoms with Gasteiger partial charge in [-0.3, -0.25) is 0 Å². The Morgan fingerprint density at radius 2 is 2.16 bits per heavy atom. The smallest absolute Gasteiger partial charge is 0.185 e. The highest BCUT2D eigenvalue weighted by Gasteiger charge is 2.29. The van der Waals surface area contributed by atoms with Gasteiger partial charge in [-0.25, -0.2) is 4.98 Å². The predicted molar refractivity (Wildman–Crippen MR) is 81.8 cm³/mol. The van der Waals surface area contributed by atoms with Gasteiger partial charge < -0.3 is 10.2 Å². The summed E-state index contributed by atoms with van der Waals surface area (Å²) in [5.74, 6) is 0. The molecule has 106 valence electrons. The lowest BCUT2D eigenvalue weighted by molar-refractivity contribution is 0.238. The molecule has 1 saturated carbocycles. The molecule has 2 heterocycles. The van der Waals surface area contributed by atoms with Crippen molar-refractivity contribution in [3.8, 4) is 0 Å². The van der Waals surface area contributed by atoms with Gasteiger partial charge in [0.2, 0.25) is 0 Å². The van der Waals surface area contributed by atoms with Crippen LogP contribution in [0.15, 0.2) is 5.38 Å². The molecule has 0 bridgehead atoms. The van der Waals surface area contributed by atoms with E-state index in [1.54, 1.807) is 0 Å². The van der Waals surface area contributed by atoms with Gasteiger partial charge in [0.1, 0.15) is 0 Å². The summed E-state index contributed by atoms with van der Waals surface area (Å²) in [6.07, 6.45) is 6.60. The molecule has 0 unspecified atom stereocenters. The van der Waals surface area contributed by atoms with Crippen molar-refractivity contribution in [3.05, 3.63) is 11.1 Å². The fourth-order valence-corrected chi connectivity index (χ4v) is 3.53. The Morgan fingerprint density at radius 1 is 1.42 bits per heavy atom. The van der Waals surface area contributed by atoms with Gasteiger partial charge >= 0.3 is 0 Å². The molecular weight excluding hydrogens is 254 g/mol. The Kier molecular flexibility index (Phi) is 3.81. The molecule has 4 heteroatoms. The maximum absolute atomic E-state index is 4.79. The molecule has 0 radical (unpaired) electrons. The standard InChI is InChI=1S/C15H25N3S/c1-3-15(2)6-8-18(9-7-15)14-17-13(11-19-14)10-16-12-4-5-12/h11-12,16H,3-10H2,1-2H3. The number of thiazole rings is 1. The summed E-state index contributed by atoms with van der Waals surface area (Å²) in [5.41, 5.74) is 1.78. The number of hydrogen-bond acceptors (Lipinski definition) is 4. The van der Waals surface area contributed by atoms with Gasteiger partial charge in [0.15, 0.2) is 5.13 Å². The summed E-state index contributed by atoms with van der Waals surface area (Å²) >= 11 is 1.81. The number of hydrogen-bond donors (Lipinski definition) is 1. The monoisotopic (exact) mass is 279 g/mol. The van der Waals surface area contributed by atoms with Crippen molar-refractivity contribution in [1.82, 2.24) is 10.3 Å². The summed E-state index contributed by atoms with van der Waals surface area (Å²) < 4.78 is 0. The Morgan fingerprint density at radius 3 is 2.79 bits per heavy atom. The van der Waals surface area contributed by atoms with Crippen molar-refractivity contribution in [1.29, 1.82) is 0 Å². The topological polar surface area (TPSA) is 28.2 Å². The lowest BCUT2D eigenvalue weighted by Gasteiger charge is -2.38. The molecule has 0 amide bonds. The number of piperidine rings is 1. The Labute approximate surface area is 120 Å². The van der Waals surface area contributed by atoms with Crippen molar-refractivity contribution < 1.29 is 0 Å². The van der Waals surface area contributed by atoms with Crippen LogP contribution in [0.1, 0.15) is 51.6 Å². The third-order valence-corrected chi connectivity index (χ3v) is 5.73. The van der Waals surface area contributed by atoms with Gasteiger partial charge in [-0.05, 0) is 31.1 Å². The molecule has 19 heavy (non-hydrogen) atoms. The Hall–Kier alpha value is -0.610. The number of anilines is 1. The van der Waals surface area contributed by atoms with E-state index in [2.05, 4.69) is 29.4 Å². The van der Waals surface area contributed by atoms with E-state index in [0.29, 0.717) is 5.41 Å². The normalized spacial score (nSPS) is 22.7. The molecule has 0 atom stereocenters. The lowest BCUT2D eigenvalue weighted by Crippen LogP contribution is -2.38. The van der Waals surface area contributed by atoms with E-state index in [4.69, 9.17) is 4.98 Å². The first kappa shape index (κ1) is 13.4. The quantitative estimate of drug-likeness (QED) is 0.895. The van der Waals surface area contributed by atoms with Crippen LogP contribution in [-0.4, -0.2) is 24.1 Å². The van der Waals surface area contributed by atoms with E-state index in [0.717, 1.165) is 12.6 Å². The molecule has 1 aromatic rings. The summed E-state index contributed by atoms with van der Waals surface area (Å²) in [6, 6.07) is 0.769. The second kappa shape index (κ2) is 5.41. The van der Waals surface area contributed by atoms with Gasteiger partial charge in [-0.1, -0.05) is 20.3 Å². The first-order valence-corrected chi connectivity index (χ1v) is 8.49. The molecule has 3 nitrogen and oxygen atoms in total. The third kappa shape index (κ3) is 3.29. The fraction of sp³-hybridized carbons (Fsp3) is 0.800. The zero-order valence-corrected chi connectivity index (χ0v) is 12.9. The Balaban J connectivity index is 1.54. The number of rotatable bonds is 5. The van der Waals surface area contributed by atoms with E-state index in [9.17, 15) is 0 Å². The van der Waals surface area contributed by atoms with Crippen LogP contribution in [0, 0.1) is 5.41 Å². The van der Waals surface area contributed by atoms with Crippen LogP contribution >= 0.6 is 11.3 Å². The van der Waals surface area contributed by atoms with Crippen molar-refractivity contribution in [2.45, 2.75) is 58.5 Å². The number of nitrogens with one attached hydrogen (secondary N) is 1. The average molecular weight is 279 g/mol. The molecule has 1 saturated heterocycles. The maximum atomic E-state index is 4.79. The van der Waals surface area contributed by atoms with Crippen LogP contribution < -0.4 is 10.2 Å². The van der Waals surface area contributed by atoms with Crippen LogP contribution in [-0.2, 0) is 6.54 Å². The lowest BCUT2D eigenvalue weighted by atomic mass is 9.78. The minimum absolute atomic E-state index is 0.560. The van der Waals surface area contributed by atoms with Crippen molar-refractivity contribution in [3.63, 3.8) is 0 Å². The van der Waals surface area contributed by atoms with E-state index in [1.807, 2.05) is 11.3 Å². The number of aromatic nitrogens is 1. The van der Waals surface area contributed by atoms with Crippen molar-refractivity contribution in [2.24, 2.45) is 5.41 Å². The van der Waals surface area contributed by atoms with E-state index in [-0.39, 0.29) is 0 Å². The molecular formula is C15H25N3S. The second-order valence-corrected chi connectivity index (χ2v) is 7.26. The largest absolute Gasteiger partial charge is 0.348 e. The van der Waals surface area contributed by atoms with Gasteiger partial charge in [0, 0.05) is 31.1 Å². The van der Waals surface area contributed by atoms with E-state index < -0.39 is 0 Å². The zero-order chi connectivity index (χ0) is 13.3. The molecule has 0 aromatic carbocycles. The summed E-state index contributed by atoms with van der Waals surface area (Å²) in [6.45, 7) is 8.04. The van der Waals surface area contributed by atoms with Crippen LogP contribution in [0.3, 0.4) is 0 Å². The fourth-order valence-electron chi connectivity index (χ4n) is 2.65. The predicted octanol–water partition coefficient (Wildman–Crippen LogP) is 3.41. The van der Waals surface area contributed by atoms with Gasteiger partial charge in [-0.15, -0.1) is 11.3 Å². The summed E-state index contributed by atoms with van der Waals surface area (Å²) in [4.78, 5) is 7.26. The van der Waals surface area contributed by atoms with E-state index >= 15 is 0 Å². The van der Waals surface area contributed by atoms with Crippen LogP contribution in [0.4, 0.5) is 5.13 Å². The first-order valence-electron chi connectivity index (χ1n) is 7.61. The minimum Gasteiger partial charge on any atom is -0.348 e. The first-order chi connectivity index (χ1) is 9.18. The zero-order valence-electron chi connectivity index (χ0n) is 12.1. The SMILES string of the molecule is CCC1(C)CCN(c2nc(CNC3CC3)cs2)CC1. The molecule has 2 aliphatic rings. The molecule has 3 rings (SSSR count). The summed E-state index contributed by atoms with van der Waals surface area (Å²) in [5, 5.41) is 6.99. The summed E-state index contributed by atoms with van der Waals surface area (Å²) in [7, 11) is 0. The van der Waals surface area contributed by atoms with Crippen LogP contribution in [0.2, 0.25) is 0 Å². The highest BCUT2D eigenvalue weighted by Crippen LogP contribution is 2.36. The van der Waals surface area contributed by atoms with Gasteiger partial charge in [-0.2, -0.15) is 0 Å². The molecule has 0 spiro atoms. The average Bonchev–Trinajstić information content (AvgIpc) is 3.15. The van der Waals surface area contributed by atoms with Crippen LogP contribution in [0.5, 0.6) is 0 Å².